The molecule has 0 aromatic heterocycles. The molecule has 0 heterocycles. The van der Waals surface area contributed by atoms with Crippen LogP contribution in [0.4, 0.5) is 0 Å². The summed E-state index contributed by atoms with van der Waals surface area (Å²) in [5.74, 6) is -0.0604. The van der Waals surface area contributed by atoms with Crippen LogP contribution in [0.1, 0.15) is 34.0 Å². The average molecular weight is 293 g/mol. The summed E-state index contributed by atoms with van der Waals surface area (Å²) in [5.41, 5.74) is 5.13. The van der Waals surface area contributed by atoms with Crippen molar-refractivity contribution in [2.45, 2.75) is 20.4 Å². The monoisotopic (exact) mass is 293 g/mol. The van der Waals surface area contributed by atoms with E-state index in [1.165, 1.54) is 5.56 Å². The summed E-state index contributed by atoms with van der Waals surface area (Å²) in [6.45, 7) is 8.27. The molecule has 2 heteroatoms. The van der Waals surface area contributed by atoms with E-state index in [-0.39, 0.29) is 7.33 Å². The van der Waals surface area contributed by atoms with E-state index in [0.717, 1.165) is 16.7 Å². The molecule has 1 N–H and O–H groups in total. The Kier molecular flexibility index (Phi) is 5.31. The van der Waals surface area contributed by atoms with Crippen LogP contribution in [-0.4, -0.2) is 5.91 Å². The second-order valence-corrected chi connectivity index (χ2v) is 5.34. The molecule has 0 saturated carbocycles. The number of amides is 1. The molecule has 22 heavy (non-hydrogen) atoms. The first-order chi connectivity index (χ1) is 10.6. The van der Waals surface area contributed by atoms with Crippen LogP contribution in [0.2, 0.25) is 0 Å². The number of hydrogen-bond acceptors (Lipinski definition) is 1. The van der Waals surface area contributed by atoms with Crippen molar-refractivity contribution in [2.24, 2.45) is 0 Å². The van der Waals surface area contributed by atoms with Gasteiger partial charge < -0.3 is 5.32 Å². The van der Waals surface area contributed by atoms with Crippen LogP contribution in [-0.2, 0) is 6.54 Å². The van der Waals surface area contributed by atoms with Crippen molar-refractivity contribution in [3.63, 3.8) is 0 Å². The van der Waals surface area contributed by atoms with Crippen LogP contribution in [0.15, 0.2) is 61.2 Å². The van der Waals surface area contributed by atoms with Crippen molar-refractivity contribution in [3.05, 3.63) is 89.0 Å². The molecule has 0 aliphatic heterocycles. The molecular formula is C20H23NO. The Morgan fingerprint density at radius 1 is 1.23 bits per heavy atom. The zero-order valence-electron chi connectivity index (χ0n) is 13.1. The Balaban J connectivity index is 0.00000264. The second kappa shape index (κ2) is 7.41. The summed E-state index contributed by atoms with van der Waals surface area (Å²) < 4.78 is 0. The molecule has 0 radical (unpaired) electrons. The molecule has 0 bridgehead atoms. The Morgan fingerprint density at radius 3 is 2.77 bits per heavy atom. The van der Waals surface area contributed by atoms with E-state index in [4.69, 9.17) is 0 Å². The Labute approximate surface area is 133 Å². The molecule has 114 valence electrons. The predicted octanol–water partition coefficient (Wildman–Crippen LogP) is 4.68. The van der Waals surface area contributed by atoms with Crippen molar-refractivity contribution in [1.82, 2.24) is 5.32 Å². The minimum absolute atomic E-state index is 0. The summed E-state index contributed by atoms with van der Waals surface area (Å²) in [7, 11) is 0. The lowest BCUT2D eigenvalue weighted by atomic mass is 10.0. The molecule has 0 atom stereocenters. The van der Waals surface area contributed by atoms with Gasteiger partial charge in [-0.15, -0.1) is 0 Å². The van der Waals surface area contributed by atoms with E-state index in [0.29, 0.717) is 12.1 Å². The highest BCUT2D eigenvalue weighted by molar-refractivity contribution is 5.94. The van der Waals surface area contributed by atoms with Crippen LogP contribution in [0.5, 0.6) is 0 Å². The van der Waals surface area contributed by atoms with Gasteiger partial charge in [0.1, 0.15) is 0 Å². The van der Waals surface area contributed by atoms with Gasteiger partial charge in [0.25, 0.3) is 5.91 Å². The highest BCUT2D eigenvalue weighted by Gasteiger charge is 2.07. The van der Waals surface area contributed by atoms with Gasteiger partial charge in [-0.3, -0.25) is 4.79 Å². The number of allylic oxidation sites excluding steroid dienone is 2. The van der Waals surface area contributed by atoms with Crippen LogP contribution in [0.25, 0.3) is 6.08 Å². The standard InChI is InChI=1S/C20H21NO.H2/c1-4-5-9-18-13-19(11-10-16(18)3)20(22)21-14-17-8-6-7-15(2)12-17;/h4-13H,1,14H2,2-3H3,(H,21,22);1H/b9-5-;. The first-order valence-electron chi connectivity index (χ1n) is 7.33. The topological polar surface area (TPSA) is 29.1 Å². The van der Waals surface area contributed by atoms with Crippen LogP contribution >= 0.6 is 0 Å². The molecule has 0 aliphatic carbocycles. The average Bonchev–Trinajstić information content (AvgIpc) is 2.52. The van der Waals surface area contributed by atoms with E-state index >= 15 is 0 Å². The summed E-state index contributed by atoms with van der Waals surface area (Å²) in [6.07, 6.45) is 5.56. The minimum atomic E-state index is -0.0604. The molecule has 0 aliphatic rings. The van der Waals surface area contributed by atoms with Gasteiger partial charge in [-0.25, -0.2) is 0 Å². The van der Waals surface area contributed by atoms with Gasteiger partial charge in [0, 0.05) is 13.5 Å². The summed E-state index contributed by atoms with van der Waals surface area (Å²) in [4.78, 5) is 12.3. The first kappa shape index (κ1) is 15.8. The Morgan fingerprint density at radius 2 is 2.05 bits per heavy atom. The highest BCUT2D eigenvalue weighted by Crippen LogP contribution is 2.13. The van der Waals surface area contributed by atoms with E-state index < -0.39 is 0 Å². The minimum Gasteiger partial charge on any atom is -0.348 e. The normalized spacial score (nSPS) is 10.6. The smallest absolute Gasteiger partial charge is 0.251 e. The third-order valence-electron chi connectivity index (χ3n) is 3.49. The molecule has 2 rings (SSSR count). The van der Waals surface area contributed by atoms with Gasteiger partial charge in [0.05, 0.1) is 0 Å². The quantitative estimate of drug-likeness (QED) is 0.797. The number of rotatable bonds is 5. The van der Waals surface area contributed by atoms with Crippen molar-refractivity contribution in [1.29, 1.82) is 0 Å². The lowest BCUT2D eigenvalue weighted by Crippen LogP contribution is -2.22. The van der Waals surface area contributed by atoms with E-state index in [1.54, 1.807) is 6.08 Å². The molecule has 0 unspecified atom stereocenters. The SMILES string of the molecule is C=C/C=C\c1cc(C(=O)NCc2cccc(C)c2)ccc1C.[HH]. The lowest BCUT2D eigenvalue weighted by molar-refractivity contribution is 0.0951. The van der Waals surface area contributed by atoms with Gasteiger partial charge in [-0.1, -0.05) is 60.7 Å². The van der Waals surface area contributed by atoms with Gasteiger partial charge >= 0.3 is 0 Å². The second-order valence-electron chi connectivity index (χ2n) is 5.34. The largest absolute Gasteiger partial charge is 0.348 e. The number of hydrogen-bond donors (Lipinski definition) is 1. The number of aryl methyl sites for hydroxylation is 2. The molecule has 0 saturated heterocycles. The van der Waals surface area contributed by atoms with E-state index in [1.807, 2.05) is 62.4 Å². The van der Waals surface area contributed by atoms with Crippen molar-refractivity contribution >= 4 is 12.0 Å². The molecule has 0 fully saturated rings. The summed E-state index contributed by atoms with van der Waals surface area (Å²) in [6, 6.07) is 13.9. The van der Waals surface area contributed by atoms with Gasteiger partial charge in [0.2, 0.25) is 0 Å². The van der Waals surface area contributed by atoms with Crippen molar-refractivity contribution in [2.75, 3.05) is 0 Å². The molecule has 0 spiro atoms. The maximum Gasteiger partial charge on any atom is 0.251 e. The first-order valence-corrected chi connectivity index (χ1v) is 7.33. The van der Waals surface area contributed by atoms with E-state index in [2.05, 4.69) is 18.0 Å². The van der Waals surface area contributed by atoms with Crippen LogP contribution in [0.3, 0.4) is 0 Å². The number of nitrogens with one attached hydrogen (secondary N) is 1. The summed E-state index contributed by atoms with van der Waals surface area (Å²) >= 11 is 0. The number of carbonyl (C=O) groups is 1. The molecular weight excluding hydrogens is 270 g/mol. The van der Waals surface area contributed by atoms with E-state index in [9.17, 15) is 4.79 Å². The van der Waals surface area contributed by atoms with Gasteiger partial charge in [-0.2, -0.15) is 0 Å². The maximum atomic E-state index is 12.3. The molecule has 2 aromatic rings. The zero-order valence-corrected chi connectivity index (χ0v) is 13.1. The van der Waals surface area contributed by atoms with Crippen LogP contribution in [0, 0.1) is 13.8 Å². The fourth-order valence-electron chi connectivity index (χ4n) is 2.24. The highest BCUT2D eigenvalue weighted by atomic mass is 16.1. The molecule has 2 aromatic carbocycles. The predicted molar refractivity (Wildman–Crippen MR) is 94.9 cm³/mol. The van der Waals surface area contributed by atoms with Gasteiger partial charge in [-0.05, 0) is 42.7 Å². The Hall–Kier alpha value is -2.61. The zero-order chi connectivity index (χ0) is 15.9. The summed E-state index contributed by atoms with van der Waals surface area (Å²) in [5, 5.41) is 2.96. The lowest BCUT2D eigenvalue weighted by Gasteiger charge is -2.08. The third kappa shape index (κ3) is 4.19. The molecule has 1 amide bonds. The fraction of sp³-hybridized carbons (Fsp3) is 0.150. The number of benzene rings is 2. The van der Waals surface area contributed by atoms with Crippen molar-refractivity contribution in [3.8, 4) is 0 Å². The Bertz CT molecular complexity index is 719. The molecule has 2 nitrogen and oxygen atoms in total. The van der Waals surface area contributed by atoms with Crippen molar-refractivity contribution < 1.29 is 6.22 Å². The number of carbonyl (C=O) groups excluding carboxylic acids is 1. The van der Waals surface area contributed by atoms with Gasteiger partial charge in [0.15, 0.2) is 0 Å². The fourth-order valence-corrected chi connectivity index (χ4v) is 2.24. The maximum absolute atomic E-state index is 12.3. The van der Waals surface area contributed by atoms with Crippen LogP contribution < -0.4 is 5.32 Å². The third-order valence-corrected chi connectivity index (χ3v) is 3.49.